The van der Waals surface area contributed by atoms with Crippen molar-refractivity contribution in [3.8, 4) is 11.4 Å². The van der Waals surface area contributed by atoms with Gasteiger partial charge in [0.2, 0.25) is 6.17 Å². The summed E-state index contributed by atoms with van der Waals surface area (Å²) in [5, 5.41) is 9.18. The minimum absolute atomic E-state index is 0.239. The summed E-state index contributed by atoms with van der Waals surface area (Å²) in [6.45, 7) is 0.575. The van der Waals surface area contributed by atoms with E-state index in [0.717, 1.165) is 29.7 Å². The first-order chi connectivity index (χ1) is 18.5. The number of amides is 3. The van der Waals surface area contributed by atoms with Crippen LogP contribution in [0.3, 0.4) is 0 Å². The van der Waals surface area contributed by atoms with Crippen LogP contribution in [-0.2, 0) is 4.79 Å². The number of fused-ring (bicyclic) bond motifs is 1. The van der Waals surface area contributed by atoms with Gasteiger partial charge in [-0.15, -0.1) is 0 Å². The number of anilines is 2. The number of benzene rings is 3. The first-order valence-corrected chi connectivity index (χ1v) is 12.3. The van der Waals surface area contributed by atoms with Crippen LogP contribution in [-0.4, -0.2) is 40.5 Å². The SMILES string of the molecule is O=C(Nc1cccc(-c2noc(=O)[nH]2)c1)NC1N=C(c2ccccc2)c2ccccc2N(CC2CC2)C1=O. The number of benzodiazepines with no additional fused rings is 1. The number of aromatic nitrogens is 2. The van der Waals surface area contributed by atoms with Gasteiger partial charge in [-0.05, 0) is 37.0 Å². The van der Waals surface area contributed by atoms with Crippen LogP contribution in [0.1, 0.15) is 24.0 Å². The van der Waals surface area contributed by atoms with Gasteiger partial charge in [-0.1, -0.05) is 65.8 Å². The fourth-order valence-corrected chi connectivity index (χ4v) is 4.49. The largest absolute Gasteiger partial charge is 0.439 e. The molecule has 0 saturated heterocycles. The average molecular weight is 509 g/mol. The average Bonchev–Trinajstić information content (AvgIpc) is 3.68. The predicted octanol–water partition coefficient (Wildman–Crippen LogP) is 3.77. The number of carbonyl (C=O) groups is 2. The monoisotopic (exact) mass is 508 g/mol. The maximum absolute atomic E-state index is 13.8. The third-order valence-corrected chi connectivity index (χ3v) is 6.50. The molecule has 10 heteroatoms. The van der Waals surface area contributed by atoms with Gasteiger partial charge in [0.1, 0.15) is 0 Å². The first-order valence-electron chi connectivity index (χ1n) is 12.3. The van der Waals surface area contributed by atoms with E-state index in [1.165, 1.54) is 0 Å². The fraction of sp³-hybridized carbons (Fsp3) is 0.179. The Bertz CT molecular complexity index is 1590. The van der Waals surface area contributed by atoms with Gasteiger partial charge >= 0.3 is 11.8 Å². The van der Waals surface area contributed by atoms with Gasteiger partial charge in [-0.2, -0.15) is 0 Å². The molecule has 1 aliphatic carbocycles. The summed E-state index contributed by atoms with van der Waals surface area (Å²) < 4.78 is 4.56. The van der Waals surface area contributed by atoms with Gasteiger partial charge in [-0.25, -0.2) is 14.6 Å². The van der Waals surface area contributed by atoms with Crippen LogP contribution in [0.15, 0.2) is 93.2 Å². The first kappa shape index (κ1) is 23.4. The Hall–Kier alpha value is -4.99. The maximum atomic E-state index is 13.8. The standard InChI is InChI=1S/C28H24N6O4/c35-26-25(31-27(36)29-20-10-6-9-19(15-20)24-32-28(37)38-33-24)30-23(18-7-2-1-3-8-18)21-11-4-5-12-22(21)34(26)16-17-13-14-17/h1-12,15,17,25H,13-14,16H2,(H2,29,31,36)(H,32,33,37). The molecule has 1 fully saturated rings. The van der Waals surface area contributed by atoms with Crippen molar-refractivity contribution in [3.05, 3.63) is 101 Å². The van der Waals surface area contributed by atoms with Crippen LogP contribution in [0.2, 0.25) is 0 Å². The van der Waals surface area contributed by atoms with Crippen molar-refractivity contribution in [2.45, 2.75) is 19.0 Å². The van der Waals surface area contributed by atoms with Crippen LogP contribution < -0.4 is 21.3 Å². The molecule has 0 radical (unpaired) electrons. The number of urea groups is 1. The lowest BCUT2D eigenvalue weighted by molar-refractivity contribution is -0.120. The number of hydrogen-bond donors (Lipinski definition) is 3. The third kappa shape index (κ3) is 4.83. The Morgan fingerprint density at radius 1 is 0.974 bits per heavy atom. The van der Waals surface area contributed by atoms with Crippen molar-refractivity contribution in [1.82, 2.24) is 15.5 Å². The van der Waals surface area contributed by atoms with E-state index in [0.29, 0.717) is 29.4 Å². The Labute approximate surface area is 217 Å². The number of carbonyl (C=O) groups excluding carboxylic acids is 2. The minimum atomic E-state index is -1.13. The summed E-state index contributed by atoms with van der Waals surface area (Å²) >= 11 is 0. The number of rotatable bonds is 6. The molecule has 3 aromatic carbocycles. The van der Waals surface area contributed by atoms with E-state index in [1.807, 2.05) is 54.6 Å². The summed E-state index contributed by atoms with van der Waals surface area (Å²) in [5.74, 6) is -0.291. The molecule has 0 spiro atoms. The van der Waals surface area contributed by atoms with Gasteiger partial charge in [0, 0.05) is 28.9 Å². The van der Waals surface area contributed by atoms with E-state index in [9.17, 15) is 14.4 Å². The van der Waals surface area contributed by atoms with Gasteiger partial charge in [-0.3, -0.25) is 14.3 Å². The van der Waals surface area contributed by atoms with E-state index < -0.39 is 18.0 Å². The Morgan fingerprint density at radius 2 is 1.74 bits per heavy atom. The van der Waals surface area contributed by atoms with Gasteiger partial charge in [0.05, 0.1) is 11.4 Å². The molecule has 1 unspecified atom stereocenters. The van der Waals surface area contributed by atoms with Crippen LogP contribution in [0.4, 0.5) is 16.2 Å². The highest BCUT2D eigenvalue weighted by Crippen LogP contribution is 2.35. The zero-order valence-corrected chi connectivity index (χ0v) is 20.3. The molecule has 3 N–H and O–H groups in total. The van der Waals surface area contributed by atoms with Crippen LogP contribution in [0, 0.1) is 5.92 Å². The second-order valence-corrected chi connectivity index (χ2v) is 9.28. The van der Waals surface area contributed by atoms with E-state index >= 15 is 0 Å². The molecule has 6 rings (SSSR count). The summed E-state index contributed by atoms with van der Waals surface area (Å²) in [6, 6.07) is 23.5. The molecule has 3 amide bonds. The van der Waals surface area contributed by atoms with Crippen molar-refractivity contribution < 1.29 is 14.1 Å². The lowest BCUT2D eigenvalue weighted by atomic mass is 10.00. The highest BCUT2D eigenvalue weighted by molar-refractivity contribution is 6.20. The Kier molecular flexibility index (Phi) is 6.04. The third-order valence-electron chi connectivity index (χ3n) is 6.50. The normalized spacial score (nSPS) is 16.8. The molecule has 10 nitrogen and oxygen atoms in total. The molecule has 0 bridgehead atoms. The molecular formula is C28H24N6O4. The minimum Gasteiger partial charge on any atom is -0.308 e. The van der Waals surface area contributed by atoms with Gasteiger partial charge in [0.25, 0.3) is 5.91 Å². The summed E-state index contributed by atoms with van der Waals surface area (Å²) in [4.78, 5) is 47.2. The number of aromatic amines is 1. The molecule has 1 aromatic heterocycles. The zero-order valence-electron chi connectivity index (χ0n) is 20.3. The second-order valence-electron chi connectivity index (χ2n) is 9.28. The van der Waals surface area contributed by atoms with Crippen molar-refractivity contribution in [3.63, 3.8) is 0 Å². The van der Waals surface area contributed by atoms with E-state index in [1.54, 1.807) is 29.2 Å². The van der Waals surface area contributed by atoms with Crippen molar-refractivity contribution in [2.24, 2.45) is 10.9 Å². The highest BCUT2D eigenvalue weighted by atomic mass is 16.5. The quantitative estimate of drug-likeness (QED) is 0.365. The van der Waals surface area contributed by atoms with Crippen molar-refractivity contribution in [2.75, 3.05) is 16.8 Å². The zero-order chi connectivity index (χ0) is 26.1. The fourth-order valence-electron chi connectivity index (χ4n) is 4.49. The topological polar surface area (TPSA) is 133 Å². The molecule has 1 aliphatic heterocycles. The number of aliphatic imine (C=N–C) groups is 1. The van der Waals surface area contributed by atoms with Crippen LogP contribution >= 0.6 is 0 Å². The molecule has 190 valence electrons. The predicted molar refractivity (Wildman–Crippen MR) is 142 cm³/mol. The van der Waals surface area contributed by atoms with E-state index in [4.69, 9.17) is 4.99 Å². The summed E-state index contributed by atoms with van der Waals surface area (Å²) in [5.41, 5.74) is 4.10. The second kappa shape index (κ2) is 9.81. The number of nitrogens with zero attached hydrogens (tertiary/aromatic N) is 3. The lowest BCUT2D eigenvalue weighted by Gasteiger charge is -2.25. The van der Waals surface area contributed by atoms with Crippen molar-refractivity contribution >= 4 is 29.0 Å². The molecule has 4 aromatic rings. The molecule has 38 heavy (non-hydrogen) atoms. The maximum Gasteiger partial charge on any atom is 0.439 e. The van der Waals surface area contributed by atoms with Gasteiger partial charge in [0.15, 0.2) is 5.82 Å². The van der Waals surface area contributed by atoms with Crippen LogP contribution in [0.25, 0.3) is 11.4 Å². The van der Waals surface area contributed by atoms with Gasteiger partial charge < -0.3 is 15.5 Å². The molecule has 2 aliphatic rings. The number of nitrogens with one attached hydrogen (secondary N) is 3. The van der Waals surface area contributed by atoms with E-state index in [2.05, 4.69) is 25.3 Å². The Balaban J connectivity index is 1.31. The molecule has 1 atom stereocenters. The Morgan fingerprint density at radius 3 is 2.50 bits per heavy atom. The highest BCUT2D eigenvalue weighted by Gasteiger charge is 2.36. The number of hydrogen-bond acceptors (Lipinski definition) is 6. The molecule has 2 heterocycles. The van der Waals surface area contributed by atoms with Crippen LogP contribution in [0.5, 0.6) is 0 Å². The smallest absolute Gasteiger partial charge is 0.308 e. The number of H-pyrrole nitrogens is 1. The number of para-hydroxylation sites is 1. The summed E-state index contributed by atoms with van der Waals surface area (Å²) in [7, 11) is 0. The van der Waals surface area contributed by atoms with E-state index in [-0.39, 0.29) is 11.7 Å². The van der Waals surface area contributed by atoms with Crippen molar-refractivity contribution in [1.29, 1.82) is 0 Å². The molecular weight excluding hydrogens is 484 g/mol. The molecule has 1 saturated carbocycles. The summed E-state index contributed by atoms with van der Waals surface area (Å²) in [6.07, 6.45) is 1.01. The lowest BCUT2D eigenvalue weighted by Crippen LogP contribution is -2.49.